The lowest BCUT2D eigenvalue weighted by Crippen LogP contribution is -2.28. The number of hydrogen-bond acceptors (Lipinski definition) is 4. The van der Waals surface area contributed by atoms with Gasteiger partial charge >= 0.3 is 0 Å². The summed E-state index contributed by atoms with van der Waals surface area (Å²) in [6.45, 7) is 0. The average molecular weight is 240 g/mol. The topological polar surface area (TPSA) is 20.2 Å². The van der Waals surface area contributed by atoms with Gasteiger partial charge in [0.1, 0.15) is 4.08 Å². The molecule has 4 atom stereocenters. The van der Waals surface area contributed by atoms with Crippen LogP contribution in [0.4, 0.5) is 0 Å². The second-order valence-electron chi connectivity index (χ2n) is 4.01. The summed E-state index contributed by atoms with van der Waals surface area (Å²) in [6, 6.07) is 8.22. The van der Waals surface area contributed by atoms with Crippen molar-refractivity contribution < 1.29 is 5.11 Å². The van der Waals surface area contributed by atoms with E-state index in [1.54, 1.807) is 11.8 Å². The van der Waals surface area contributed by atoms with E-state index in [0.717, 1.165) is 5.56 Å². The van der Waals surface area contributed by atoms with Gasteiger partial charge in [-0.05, 0) is 5.56 Å². The molecule has 0 radical (unpaired) electrons. The molecule has 3 aliphatic rings. The second kappa shape index (κ2) is 2.17. The van der Waals surface area contributed by atoms with E-state index in [-0.39, 0.29) is 4.08 Å². The van der Waals surface area contributed by atoms with Gasteiger partial charge in [-0.3, -0.25) is 0 Å². The molecule has 4 heteroatoms. The zero-order valence-electron chi connectivity index (χ0n) is 7.18. The molecule has 2 saturated heterocycles. The van der Waals surface area contributed by atoms with Crippen LogP contribution in [0.1, 0.15) is 16.4 Å². The number of rotatable bonds is 0. The van der Waals surface area contributed by atoms with Crippen molar-refractivity contribution in [3.63, 3.8) is 0 Å². The fourth-order valence-corrected chi connectivity index (χ4v) is 6.29. The van der Waals surface area contributed by atoms with E-state index < -0.39 is 4.93 Å². The summed E-state index contributed by atoms with van der Waals surface area (Å²) >= 11 is 8.16. The van der Waals surface area contributed by atoms with Gasteiger partial charge in [-0.25, -0.2) is 0 Å². The van der Waals surface area contributed by atoms with Crippen LogP contribution in [0, 0.1) is 0 Å². The molecular formula is C10H8OS3. The lowest BCUT2D eigenvalue weighted by molar-refractivity contribution is 0.159. The minimum absolute atomic E-state index is 0.212. The van der Waals surface area contributed by atoms with Gasteiger partial charge in [0.05, 0.1) is 0 Å². The molecule has 1 N–H and O–H groups in total. The SMILES string of the molecule is OC12SC1(S)C1SC1c1ccccc12. The van der Waals surface area contributed by atoms with Crippen LogP contribution in [0.5, 0.6) is 0 Å². The molecule has 1 aliphatic carbocycles. The Morgan fingerprint density at radius 1 is 1.36 bits per heavy atom. The summed E-state index contributed by atoms with van der Waals surface area (Å²) in [6.07, 6.45) is 0. The van der Waals surface area contributed by atoms with E-state index in [0.29, 0.717) is 10.5 Å². The van der Waals surface area contributed by atoms with Gasteiger partial charge in [0.2, 0.25) is 0 Å². The van der Waals surface area contributed by atoms with Crippen molar-refractivity contribution in [2.24, 2.45) is 0 Å². The quantitative estimate of drug-likeness (QED) is 0.537. The zero-order chi connectivity index (χ0) is 9.55. The molecule has 2 fully saturated rings. The van der Waals surface area contributed by atoms with Gasteiger partial charge in [-0.2, -0.15) is 12.6 Å². The Hall–Kier alpha value is 0.230. The summed E-state index contributed by atoms with van der Waals surface area (Å²) in [7, 11) is 0. The van der Waals surface area contributed by atoms with Crippen molar-refractivity contribution in [3.8, 4) is 0 Å². The second-order valence-corrected chi connectivity index (χ2v) is 7.74. The zero-order valence-corrected chi connectivity index (χ0v) is 9.70. The number of fused-ring (bicyclic) bond motifs is 6. The minimum atomic E-state index is -0.711. The average Bonchev–Trinajstić information content (AvgIpc) is 3.02. The van der Waals surface area contributed by atoms with E-state index in [9.17, 15) is 5.11 Å². The summed E-state index contributed by atoms with van der Waals surface area (Å²) in [5.74, 6) is 0. The Labute approximate surface area is 96.1 Å². The van der Waals surface area contributed by atoms with Crippen LogP contribution in [0.25, 0.3) is 0 Å². The molecule has 72 valence electrons. The van der Waals surface area contributed by atoms with Crippen molar-refractivity contribution in [2.75, 3.05) is 0 Å². The Balaban J connectivity index is 2.02. The van der Waals surface area contributed by atoms with Gasteiger partial charge in [0, 0.05) is 16.1 Å². The van der Waals surface area contributed by atoms with Crippen LogP contribution in [-0.2, 0) is 4.93 Å². The first kappa shape index (κ1) is 8.39. The Morgan fingerprint density at radius 2 is 2.14 bits per heavy atom. The van der Waals surface area contributed by atoms with Crippen LogP contribution >= 0.6 is 36.2 Å². The van der Waals surface area contributed by atoms with Crippen LogP contribution in [0.15, 0.2) is 24.3 Å². The Kier molecular flexibility index (Phi) is 1.30. The summed E-state index contributed by atoms with van der Waals surface area (Å²) in [4.78, 5) is -0.711. The molecule has 2 heterocycles. The van der Waals surface area contributed by atoms with Crippen LogP contribution < -0.4 is 0 Å². The molecule has 2 aliphatic heterocycles. The first-order valence-corrected chi connectivity index (χ1v) is 6.77. The molecule has 4 unspecified atom stereocenters. The molecule has 0 spiro atoms. The monoisotopic (exact) mass is 240 g/mol. The molecule has 1 aromatic carbocycles. The fraction of sp³-hybridized carbons (Fsp3) is 0.400. The molecule has 1 nitrogen and oxygen atoms in total. The highest BCUT2D eigenvalue weighted by Crippen LogP contribution is 2.85. The lowest BCUT2D eigenvalue weighted by Gasteiger charge is -2.21. The van der Waals surface area contributed by atoms with Crippen LogP contribution in [0.3, 0.4) is 0 Å². The van der Waals surface area contributed by atoms with Crippen molar-refractivity contribution in [2.45, 2.75) is 19.5 Å². The van der Waals surface area contributed by atoms with Gasteiger partial charge in [0.25, 0.3) is 0 Å². The molecule has 0 aromatic heterocycles. The molecule has 14 heavy (non-hydrogen) atoms. The maximum absolute atomic E-state index is 10.4. The third kappa shape index (κ3) is 0.722. The Morgan fingerprint density at radius 3 is 3.00 bits per heavy atom. The normalized spacial score (nSPS) is 51.6. The summed E-state index contributed by atoms with van der Waals surface area (Å²) < 4.78 is -0.212. The molecule has 0 bridgehead atoms. The molecular weight excluding hydrogens is 232 g/mol. The van der Waals surface area contributed by atoms with Crippen molar-refractivity contribution in [1.82, 2.24) is 0 Å². The summed E-state index contributed by atoms with van der Waals surface area (Å²) in [5, 5.41) is 11.5. The lowest BCUT2D eigenvalue weighted by atomic mass is 9.89. The predicted octanol–water partition coefficient (Wildman–Crippen LogP) is 2.37. The molecule has 1 aromatic rings. The van der Waals surface area contributed by atoms with Gasteiger partial charge in [0.15, 0.2) is 4.93 Å². The number of thiol groups is 1. The standard InChI is InChI=1S/C10H8OS3/c11-9-6-4-2-1-3-5(6)7-8(13-7)10(9,12)14-9/h1-4,7-8,11-12H. The highest BCUT2D eigenvalue weighted by Gasteiger charge is 2.80. The van der Waals surface area contributed by atoms with Crippen molar-refractivity contribution >= 4 is 36.2 Å². The number of aliphatic hydroxyl groups is 1. The van der Waals surface area contributed by atoms with Crippen LogP contribution in [0.2, 0.25) is 0 Å². The van der Waals surface area contributed by atoms with Crippen LogP contribution in [-0.4, -0.2) is 14.4 Å². The molecule has 4 rings (SSSR count). The van der Waals surface area contributed by atoms with Crippen molar-refractivity contribution in [1.29, 1.82) is 0 Å². The fourth-order valence-electron chi connectivity index (χ4n) is 2.40. The first-order valence-electron chi connectivity index (χ1n) is 4.56. The van der Waals surface area contributed by atoms with Gasteiger partial charge in [-0.15, -0.1) is 11.8 Å². The highest BCUT2D eigenvalue weighted by atomic mass is 32.2. The predicted molar refractivity (Wildman–Crippen MR) is 63.8 cm³/mol. The number of benzene rings is 1. The Bertz CT molecular complexity index is 449. The van der Waals surface area contributed by atoms with E-state index >= 15 is 0 Å². The molecule has 0 amide bonds. The first-order chi connectivity index (χ1) is 6.67. The maximum Gasteiger partial charge on any atom is 0.162 e. The third-order valence-corrected chi connectivity index (χ3v) is 7.53. The van der Waals surface area contributed by atoms with Crippen molar-refractivity contribution in [3.05, 3.63) is 35.4 Å². The van der Waals surface area contributed by atoms with E-state index in [1.807, 2.05) is 23.9 Å². The summed E-state index contributed by atoms with van der Waals surface area (Å²) in [5.41, 5.74) is 2.41. The third-order valence-electron chi connectivity index (χ3n) is 3.26. The van der Waals surface area contributed by atoms with E-state index in [4.69, 9.17) is 0 Å². The maximum atomic E-state index is 10.4. The smallest absolute Gasteiger partial charge is 0.162 e. The minimum Gasteiger partial charge on any atom is -0.373 e. The van der Waals surface area contributed by atoms with Gasteiger partial charge < -0.3 is 5.11 Å². The number of thioether (sulfide) groups is 2. The largest absolute Gasteiger partial charge is 0.373 e. The molecule has 0 saturated carbocycles. The highest BCUT2D eigenvalue weighted by molar-refractivity contribution is 8.22. The number of hydrogen-bond donors (Lipinski definition) is 2. The van der Waals surface area contributed by atoms with E-state index in [1.165, 1.54) is 5.56 Å². The van der Waals surface area contributed by atoms with E-state index in [2.05, 4.69) is 24.8 Å². The van der Waals surface area contributed by atoms with Gasteiger partial charge in [-0.1, -0.05) is 36.0 Å².